The zero-order valence-electron chi connectivity index (χ0n) is 22.3. The van der Waals surface area contributed by atoms with E-state index in [1.165, 1.54) is 29.2 Å². The Hall–Kier alpha value is -4.54. The van der Waals surface area contributed by atoms with E-state index >= 15 is 0 Å². The van der Waals surface area contributed by atoms with E-state index in [4.69, 9.17) is 11.5 Å². The van der Waals surface area contributed by atoms with Crippen molar-refractivity contribution in [3.63, 3.8) is 0 Å². The lowest BCUT2D eigenvalue weighted by molar-refractivity contribution is -0.157. The van der Waals surface area contributed by atoms with Crippen molar-refractivity contribution < 1.29 is 47.7 Å². The summed E-state index contributed by atoms with van der Waals surface area (Å²) in [4.78, 5) is 61.9. The number of carboxylic acids is 3. The number of nitrogens with two attached hydrogens (primary N) is 2. The van der Waals surface area contributed by atoms with Gasteiger partial charge in [-0.15, -0.1) is 0 Å². The number of amides is 3. The van der Waals surface area contributed by atoms with Crippen LogP contribution in [0.2, 0.25) is 0 Å². The average Bonchev–Trinajstić information content (AvgIpc) is 2.86. The molecule has 0 spiro atoms. The van der Waals surface area contributed by atoms with Gasteiger partial charge in [-0.1, -0.05) is 30.3 Å². The Morgan fingerprint density at radius 3 is 1.98 bits per heavy atom. The molecule has 0 aliphatic carbocycles. The van der Waals surface area contributed by atoms with Crippen molar-refractivity contribution in [1.82, 2.24) is 10.6 Å². The van der Waals surface area contributed by atoms with Gasteiger partial charge in [0.05, 0.1) is 23.0 Å². The molecule has 0 radical (unpaired) electrons. The Bertz CT molecular complexity index is 1450. The molecule has 0 saturated carbocycles. The van der Waals surface area contributed by atoms with E-state index in [0.717, 1.165) is 12.5 Å². The van der Waals surface area contributed by atoms with Gasteiger partial charge in [0.1, 0.15) is 6.04 Å². The maximum absolute atomic E-state index is 12.8. The topological polar surface area (TPSA) is 260 Å². The van der Waals surface area contributed by atoms with Crippen LogP contribution in [0.4, 0.5) is 16.2 Å². The van der Waals surface area contributed by atoms with Crippen LogP contribution in [0.1, 0.15) is 18.1 Å². The van der Waals surface area contributed by atoms with Gasteiger partial charge in [-0.2, -0.15) is 0 Å². The van der Waals surface area contributed by atoms with Crippen LogP contribution >= 0.6 is 0 Å². The second kappa shape index (κ2) is 12.8. The smallest absolute Gasteiger partial charge is 0.341 e. The maximum atomic E-state index is 12.8. The first-order chi connectivity index (χ1) is 18.9. The first-order valence-electron chi connectivity index (χ1n) is 11.9. The number of sulfone groups is 1. The molecule has 0 fully saturated rings. The minimum absolute atomic E-state index is 0.324. The first kappa shape index (κ1) is 32.7. The van der Waals surface area contributed by atoms with Crippen molar-refractivity contribution in [1.29, 1.82) is 0 Å². The van der Waals surface area contributed by atoms with E-state index in [2.05, 4.69) is 0 Å². The highest BCUT2D eigenvalue weighted by molar-refractivity contribution is 7.91. The molecule has 0 aliphatic rings. The van der Waals surface area contributed by atoms with Gasteiger partial charge in [-0.3, -0.25) is 19.8 Å². The molecule has 2 aromatic rings. The highest BCUT2D eigenvalue weighted by Crippen LogP contribution is 2.28. The number of rotatable bonds is 13. The number of nitrogens with zero attached hydrogens (tertiary/aromatic N) is 1. The highest BCUT2D eigenvalue weighted by atomic mass is 32.2. The Balaban J connectivity index is 2.31. The SMILES string of the molecule is Cc1ccccc1N(C(N)=O)c1ccc(CC(=O)NC(C(=O)O)C(N)(NC(C(=O)O)C(C)S(C)(=O)=O)C(=O)O)cc1. The summed E-state index contributed by atoms with van der Waals surface area (Å²) in [5.41, 5.74) is 10.2. The maximum Gasteiger partial charge on any atom is 0.341 e. The second-order valence-electron chi connectivity index (χ2n) is 9.31. The number of para-hydroxylation sites is 1. The molecule has 4 unspecified atom stereocenters. The van der Waals surface area contributed by atoms with Gasteiger partial charge in [0.2, 0.25) is 5.91 Å². The number of anilines is 2. The minimum atomic E-state index is -4.05. The summed E-state index contributed by atoms with van der Waals surface area (Å²) in [6.45, 7) is 2.76. The molecule has 4 atom stereocenters. The fourth-order valence-electron chi connectivity index (χ4n) is 3.88. The fourth-order valence-corrected chi connectivity index (χ4v) is 4.56. The van der Waals surface area contributed by atoms with Crippen molar-refractivity contribution in [2.45, 2.75) is 43.3 Å². The molecular formula is C25H31N5O10S. The van der Waals surface area contributed by atoms with Crippen molar-refractivity contribution in [2.24, 2.45) is 11.5 Å². The van der Waals surface area contributed by atoms with Gasteiger partial charge >= 0.3 is 23.9 Å². The third kappa shape index (κ3) is 7.77. The molecule has 0 saturated heterocycles. The number of urea groups is 1. The number of hydrogen-bond acceptors (Lipinski definition) is 9. The van der Waals surface area contributed by atoms with Crippen molar-refractivity contribution in [3.8, 4) is 0 Å². The summed E-state index contributed by atoms with van der Waals surface area (Å²) < 4.78 is 23.8. The summed E-state index contributed by atoms with van der Waals surface area (Å²) in [5.74, 6) is -6.82. The average molecular weight is 594 g/mol. The third-order valence-corrected chi connectivity index (χ3v) is 7.93. The first-order valence-corrected chi connectivity index (χ1v) is 13.8. The molecule has 2 aromatic carbocycles. The lowest BCUT2D eigenvalue weighted by atomic mass is 9.98. The van der Waals surface area contributed by atoms with E-state index in [0.29, 0.717) is 23.2 Å². The van der Waals surface area contributed by atoms with E-state index < -0.39 is 69.1 Å². The standard InChI is InChI=1S/C25H31N5O10S/c1-13-6-4-5-7-17(13)30(24(26)38)16-10-8-15(9-11-16)12-18(31)28-20(22(34)35)25(27,23(36)37)29-19(21(32)33)14(2)41(3,39)40/h4-11,14,19-20,29H,12,27H2,1-3H3,(H2,26,38)(H,28,31)(H,32,33)(H,34,35)(H,36,37). The summed E-state index contributed by atoms with van der Waals surface area (Å²) in [5, 5.41) is 31.0. The summed E-state index contributed by atoms with van der Waals surface area (Å²) in [6, 6.07) is 7.55. The van der Waals surface area contributed by atoms with Crippen LogP contribution in [0.5, 0.6) is 0 Å². The number of aliphatic carboxylic acids is 3. The van der Waals surface area contributed by atoms with E-state index in [9.17, 15) is 47.7 Å². The van der Waals surface area contributed by atoms with Crippen LogP contribution in [0.15, 0.2) is 48.5 Å². The molecule has 9 N–H and O–H groups in total. The number of primary amides is 1. The van der Waals surface area contributed by atoms with Gasteiger partial charge in [0.15, 0.2) is 21.5 Å². The fraction of sp³-hybridized carbons (Fsp3) is 0.320. The largest absolute Gasteiger partial charge is 0.480 e. The quantitative estimate of drug-likeness (QED) is 0.146. The number of aryl methyl sites for hydroxylation is 1. The number of carbonyl (C=O) groups excluding carboxylic acids is 2. The van der Waals surface area contributed by atoms with Crippen LogP contribution in [-0.2, 0) is 35.4 Å². The third-order valence-electron chi connectivity index (χ3n) is 6.30. The number of carboxylic acid groups (broad SMARTS) is 3. The normalized spacial score (nSPS) is 15.0. The molecule has 222 valence electrons. The Morgan fingerprint density at radius 1 is 0.976 bits per heavy atom. The van der Waals surface area contributed by atoms with E-state index in [-0.39, 0.29) is 0 Å². The number of benzene rings is 2. The molecule has 0 heterocycles. The summed E-state index contributed by atoms with van der Waals surface area (Å²) in [6.07, 6.45) is 0.239. The minimum Gasteiger partial charge on any atom is -0.480 e. The van der Waals surface area contributed by atoms with Crippen LogP contribution in [0.3, 0.4) is 0 Å². The van der Waals surface area contributed by atoms with Gasteiger partial charge in [-0.05, 0) is 43.2 Å². The van der Waals surface area contributed by atoms with Crippen LogP contribution in [0.25, 0.3) is 0 Å². The Kier molecular flexibility index (Phi) is 10.2. The molecule has 0 aliphatic heterocycles. The molecule has 0 bridgehead atoms. The summed E-state index contributed by atoms with van der Waals surface area (Å²) >= 11 is 0. The monoisotopic (exact) mass is 593 g/mol. The zero-order valence-corrected chi connectivity index (χ0v) is 23.1. The predicted molar refractivity (Wildman–Crippen MR) is 146 cm³/mol. The van der Waals surface area contributed by atoms with Gasteiger partial charge in [0.25, 0.3) is 0 Å². The van der Waals surface area contributed by atoms with Crippen LogP contribution in [0, 0.1) is 6.92 Å². The van der Waals surface area contributed by atoms with Crippen molar-refractivity contribution in [2.75, 3.05) is 11.2 Å². The molecular weight excluding hydrogens is 562 g/mol. The second-order valence-corrected chi connectivity index (χ2v) is 11.7. The number of nitrogens with one attached hydrogen (secondary N) is 2. The molecule has 0 aromatic heterocycles. The summed E-state index contributed by atoms with van der Waals surface area (Å²) in [7, 11) is -4.05. The highest BCUT2D eigenvalue weighted by Gasteiger charge is 2.51. The molecule has 3 amide bonds. The van der Waals surface area contributed by atoms with Crippen LogP contribution < -0.4 is 27.0 Å². The molecule has 16 heteroatoms. The number of hydrogen-bond donors (Lipinski definition) is 7. The Labute approximate surface area is 235 Å². The van der Waals surface area contributed by atoms with Gasteiger partial charge < -0.3 is 32.1 Å². The van der Waals surface area contributed by atoms with Crippen molar-refractivity contribution in [3.05, 3.63) is 59.7 Å². The molecule has 15 nitrogen and oxygen atoms in total. The number of carbonyl (C=O) groups is 5. The zero-order chi connectivity index (χ0) is 31.3. The predicted octanol–water partition coefficient (Wildman–Crippen LogP) is -0.461. The molecule has 41 heavy (non-hydrogen) atoms. The van der Waals surface area contributed by atoms with E-state index in [1.54, 1.807) is 31.2 Å². The lowest BCUT2D eigenvalue weighted by Gasteiger charge is -2.35. The van der Waals surface area contributed by atoms with E-state index in [1.807, 2.05) is 10.6 Å². The van der Waals surface area contributed by atoms with Gasteiger partial charge in [-0.25, -0.2) is 22.8 Å². The van der Waals surface area contributed by atoms with Gasteiger partial charge in [0, 0.05) is 6.26 Å². The van der Waals surface area contributed by atoms with Crippen LogP contribution in [-0.4, -0.2) is 82.8 Å². The van der Waals surface area contributed by atoms with Crippen molar-refractivity contribution >= 4 is 51.1 Å². The lowest BCUT2D eigenvalue weighted by Crippen LogP contribution is -2.76. The molecule has 2 rings (SSSR count). The Morgan fingerprint density at radius 2 is 1.54 bits per heavy atom.